The van der Waals surface area contributed by atoms with Crippen LogP contribution in [-0.4, -0.2) is 23.1 Å². The number of thioether (sulfide) groups is 1. The number of hydrogen-bond acceptors (Lipinski definition) is 3. The van der Waals surface area contributed by atoms with Gasteiger partial charge in [-0.25, -0.2) is 0 Å². The SMILES string of the molecule is CCNC1(C#N)CCCSC1C. The molecule has 1 N–H and O–H groups in total. The lowest BCUT2D eigenvalue weighted by Gasteiger charge is -2.36. The second-order valence-corrected chi connectivity index (χ2v) is 4.68. The predicted molar refractivity (Wildman–Crippen MR) is 53.2 cm³/mol. The van der Waals surface area contributed by atoms with Gasteiger partial charge >= 0.3 is 0 Å². The molecule has 1 fully saturated rings. The molecule has 0 bridgehead atoms. The molecule has 0 saturated carbocycles. The second-order valence-electron chi connectivity index (χ2n) is 3.23. The summed E-state index contributed by atoms with van der Waals surface area (Å²) in [6, 6.07) is 2.44. The van der Waals surface area contributed by atoms with Crippen molar-refractivity contribution in [1.29, 1.82) is 5.26 Å². The molecule has 0 aromatic rings. The fourth-order valence-corrected chi connectivity index (χ4v) is 2.89. The van der Waals surface area contributed by atoms with E-state index < -0.39 is 0 Å². The number of hydrogen-bond donors (Lipinski definition) is 1. The highest BCUT2D eigenvalue weighted by Gasteiger charge is 2.37. The molecule has 0 amide bonds. The Labute approximate surface area is 78.7 Å². The normalized spacial score (nSPS) is 35.9. The Morgan fingerprint density at radius 2 is 2.50 bits per heavy atom. The lowest BCUT2D eigenvalue weighted by atomic mass is 9.91. The first kappa shape index (κ1) is 9.88. The third-order valence-electron chi connectivity index (χ3n) is 2.47. The fourth-order valence-electron chi connectivity index (χ4n) is 1.69. The first-order chi connectivity index (χ1) is 5.75. The van der Waals surface area contributed by atoms with Gasteiger partial charge in [-0.05, 0) is 25.1 Å². The van der Waals surface area contributed by atoms with E-state index in [1.807, 2.05) is 11.8 Å². The van der Waals surface area contributed by atoms with Gasteiger partial charge in [-0.15, -0.1) is 0 Å². The summed E-state index contributed by atoms with van der Waals surface area (Å²) in [7, 11) is 0. The van der Waals surface area contributed by atoms with Crippen molar-refractivity contribution in [1.82, 2.24) is 5.32 Å². The number of nitrogens with zero attached hydrogens (tertiary/aromatic N) is 1. The smallest absolute Gasteiger partial charge is 0.118 e. The van der Waals surface area contributed by atoms with Gasteiger partial charge in [0.1, 0.15) is 5.54 Å². The van der Waals surface area contributed by atoms with Gasteiger partial charge in [0, 0.05) is 5.25 Å². The summed E-state index contributed by atoms with van der Waals surface area (Å²) < 4.78 is 0. The Bertz CT molecular complexity index is 183. The quantitative estimate of drug-likeness (QED) is 0.710. The van der Waals surface area contributed by atoms with Crippen molar-refractivity contribution in [2.75, 3.05) is 12.3 Å². The summed E-state index contributed by atoms with van der Waals surface area (Å²) in [5, 5.41) is 12.9. The van der Waals surface area contributed by atoms with Gasteiger partial charge in [-0.2, -0.15) is 17.0 Å². The highest BCUT2D eigenvalue weighted by atomic mass is 32.2. The van der Waals surface area contributed by atoms with Gasteiger partial charge in [-0.3, -0.25) is 5.32 Å². The standard InChI is InChI=1S/C9H16N2S/c1-3-11-9(7-10)5-4-6-12-8(9)2/h8,11H,3-6H2,1-2H3. The summed E-state index contributed by atoms with van der Waals surface area (Å²) in [4.78, 5) is 0. The van der Waals surface area contributed by atoms with E-state index in [9.17, 15) is 0 Å². The maximum atomic E-state index is 9.12. The number of nitriles is 1. The molecule has 1 rings (SSSR count). The minimum atomic E-state index is -0.252. The van der Waals surface area contributed by atoms with Gasteiger partial charge in [-0.1, -0.05) is 13.8 Å². The Morgan fingerprint density at radius 1 is 1.75 bits per heavy atom. The molecule has 0 spiro atoms. The van der Waals surface area contributed by atoms with Crippen molar-refractivity contribution in [2.24, 2.45) is 0 Å². The Morgan fingerprint density at radius 3 is 3.00 bits per heavy atom. The highest BCUT2D eigenvalue weighted by Crippen LogP contribution is 2.33. The van der Waals surface area contributed by atoms with Crippen molar-refractivity contribution in [3.63, 3.8) is 0 Å². The molecule has 68 valence electrons. The van der Waals surface area contributed by atoms with Gasteiger partial charge in [0.15, 0.2) is 0 Å². The molecular weight excluding hydrogens is 168 g/mol. The monoisotopic (exact) mass is 184 g/mol. The summed E-state index contributed by atoms with van der Waals surface area (Å²) in [5.41, 5.74) is -0.252. The van der Waals surface area contributed by atoms with Crippen LogP contribution in [0.25, 0.3) is 0 Å². The lowest BCUT2D eigenvalue weighted by Crippen LogP contribution is -2.52. The van der Waals surface area contributed by atoms with Crippen molar-refractivity contribution < 1.29 is 0 Å². The van der Waals surface area contributed by atoms with Crippen molar-refractivity contribution in [3.8, 4) is 6.07 Å². The fraction of sp³-hybridized carbons (Fsp3) is 0.889. The van der Waals surface area contributed by atoms with Crippen LogP contribution in [0.15, 0.2) is 0 Å². The van der Waals surface area contributed by atoms with Crippen molar-refractivity contribution in [2.45, 2.75) is 37.5 Å². The summed E-state index contributed by atoms with van der Waals surface area (Å²) in [6.07, 6.45) is 2.17. The third-order valence-corrected chi connectivity index (χ3v) is 3.90. The van der Waals surface area contributed by atoms with Crippen LogP contribution in [0.2, 0.25) is 0 Å². The molecule has 2 atom stereocenters. The second kappa shape index (κ2) is 4.15. The van der Waals surface area contributed by atoms with Gasteiger partial charge < -0.3 is 0 Å². The molecular formula is C9H16N2S. The maximum Gasteiger partial charge on any atom is 0.118 e. The Kier molecular flexibility index (Phi) is 3.42. The van der Waals surface area contributed by atoms with Crippen LogP contribution in [0.5, 0.6) is 0 Å². The predicted octanol–water partition coefficient (Wildman–Crippen LogP) is 1.77. The average molecular weight is 184 g/mol. The van der Waals surface area contributed by atoms with Crippen LogP contribution >= 0.6 is 11.8 Å². The van der Waals surface area contributed by atoms with E-state index in [0.717, 1.165) is 19.4 Å². The van der Waals surface area contributed by atoms with Gasteiger partial charge in [0.2, 0.25) is 0 Å². The van der Waals surface area contributed by atoms with Crippen LogP contribution in [0.1, 0.15) is 26.7 Å². The van der Waals surface area contributed by atoms with Crippen LogP contribution in [0.3, 0.4) is 0 Å². The molecule has 1 heterocycles. The number of nitrogens with one attached hydrogen (secondary N) is 1. The molecule has 12 heavy (non-hydrogen) atoms. The van der Waals surface area contributed by atoms with Gasteiger partial charge in [0.05, 0.1) is 6.07 Å². The molecule has 2 unspecified atom stereocenters. The summed E-state index contributed by atoms with van der Waals surface area (Å²) in [6.45, 7) is 5.10. The van der Waals surface area contributed by atoms with Crippen LogP contribution in [0.4, 0.5) is 0 Å². The summed E-state index contributed by atoms with van der Waals surface area (Å²) >= 11 is 1.90. The zero-order chi connectivity index (χ0) is 9.03. The van der Waals surface area contributed by atoms with E-state index in [4.69, 9.17) is 5.26 Å². The van der Waals surface area contributed by atoms with Crippen LogP contribution < -0.4 is 5.32 Å². The minimum absolute atomic E-state index is 0.252. The van der Waals surface area contributed by atoms with E-state index in [1.165, 1.54) is 5.75 Å². The van der Waals surface area contributed by atoms with E-state index in [-0.39, 0.29) is 5.54 Å². The Hall–Kier alpha value is -0.200. The topological polar surface area (TPSA) is 35.8 Å². The Balaban J connectivity index is 2.68. The minimum Gasteiger partial charge on any atom is -0.299 e. The molecule has 1 saturated heterocycles. The van der Waals surface area contributed by atoms with Crippen LogP contribution in [-0.2, 0) is 0 Å². The van der Waals surface area contributed by atoms with Gasteiger partial charge in [0.25, 0.3) is 0 Å². The number of rotatable bonds is 2. The molecule has 3 heteroatoms. The van der Waals surface area contributed by atoms with Crippen molar-refractivity contribution in [3.05, 3.63) is 0 Å². The molecule has 0 aromatic heterocycles. The van der Waals surface area contributed by atoms with Crippen molar-refractivity contribution >= 4 is 11.8 Å². The molecule has 0 aromatic carbocycles. The average Bonchev–Trinajstić information content (AvgIpc) is 2.10. The molecule has 1 aliphatic rings. The highest BCUT2D eigenvalue weighted by molar-refractivity contribution is 8.00. The first-order valence-corrected chi connectivity index (χ1v) is 5.58. The third kappa shape index (κ3) is 1.75. The van der Waals surface area contributed by atoms with E-state index in [1.54, 1.807) is 0 Å². The zero-order valence-corrected chi connectivity index (χ0v) is 8.58. The molecule has 0 aliphatic carbocycles. The largest absolute Gasteiger partial charge is 0.299 e. The van der Waals surface area contributed by atoms with E-state index in [2.05, 4.69) is 25.2 Å². The van der Waals surface area contributed by atoms with E-state index in [0.29, 0.717) is 5.25 Å². The molecule has 1 aliphatic heterocycles. The maximum absolute atomic E-state index is 9.12. The zero-order valence-electron chi connectivity index (χ0n) is 7.76. The van der Waals surface area contributed by atoms with Crippen LogP contribution in [0, 0.1) is 11.3 Å². The molecule has 2 nitrogen and oxygen atoms in total. The lowest BCUT2D eigenvalue weighted by molar-refractivity contribution is 0.379. The van der Waals surface area contributed by atoms with E-state index >= 15 is 0 Å². The summed E-state index contributed by atoms with van der Waals surface area (Å²) in [5.74, 6) is 1.20. The first-order valence-electron chi connectivity index (χ1n) is 4.53. The molecule has 0 radical (unpaired) electrons.